The first-order chi connectivity index (χ1) is 7.24. The molecule has 3 aromatic rings. The van der Waals surface area contributed by atoms with E-state index in [-0.39, 0.29) is 5.75 Å². The molecule has 0 radical (unpaired) electrons. The zero-order valence-corrected chi connectivity index (χ0v) is 8.32. The summed E-state index contributed by atoms with van der Waals surface area (Å²) in [6.07, 6.45) is 0. The van der Waals surface area contributed by atoms with Gasteiger partial charge >= 0.3 is 0 Å². The summed E-state index contributed by atoms with van der Waals surface area (Å²) in [6.45, 7) is 2.04. The molecule has 0 aliphatic carbocycles. The van der Waals surface area contributed by atoms with Crippen LogP contribution in [-0.4, -0.2) is 5.11 Å². The van der Waals surface area contributed by atoms with Crippen LogP contribution in [-0.2, 0) is 0 Å². The van der Waals surface area contributed by atoms with Crippen LogP contribution in [0.3, 0.4) is 0 Å². The Morgan fingerprint density at radius 3 is 2.40 bits per heavy atom. The van der Waals surface area contributed by atoms with Crippen LogP contribution < -0.4 is 0 Å². The molecule has 1 N–H and O–H groups in total. The average Bonchev–Trinajstić information content (AvgIpc) is 2.56. The standard InChI is InChI=1S/C13H10O2/c1-8-2-4-12-10(6-8)11-7-9(14)3-5-13(11)15-12/h2-7,14H,1H3. The van der Waals surface area contributed by atoms with Crippen LogP contribution in [0.4, 0.5) is 0 Å². The van der Waals surface area contributed by atoms with Crippen molar-refractivity contribution >= 4 is 21.9 Å². The maximum Gasteiger partial charge on any atom is 0.135 e. The summed E-state index contributed by atoms with van der Waals surface area (Å²) in [5.74, 6) is 0.270. The number of aryl methyl sites for hydroxylation is 1. The molecule has 0 bridgehead atoms. The number of phenols is 1. The number of rotatable bonds is 0. The summed E-state index contributed by atoms with van der Waals surface area (Å²) in [5, 5.41) is 11.5. The summed E-state index contributed by atoms with van der Waals surface area (Å²) in [6, 6.07) is 11.2. The van der Waals surface area contributed by atoms with Crippen LogP contribution >= 0.6 is 0 Å². The summed E-state index contributed by atoms with van der Waals surface area (Å²) in [4.78, 5) is 0. The highest BCUT2D eigenvalue weighted by Crippen LogP contribution is 2.31. The molecule has 1 heterocycles. The first-order valence-electron chi connectivity index (χ1n) is 4.86. The molecule has 1 aromatic heterocycles. The van der Waals surface area contributed by atoms with E-state index in [9.17, 15) is 5.11 Å². The Bertz CT molecular complexity index is 594. The van der Waals surface area contributed by atoms with Crippen molar-refractivity contribution in [2.24, 2.45) is 0 Å². The quantitative estimate of drug-likeness (QED) is 0.598. The molecule has 74 valence electrons. The summed E-state index contributed by atoms with van der Waals surface area (Å²) < 4.78 is 5.65. The van der Waals surface area contributed by atoms with E-state index in [2.05, 4.69) is 6.07 Å². The Morgan fingerprint density at radius 2 is 1.60 bits per heavy atom. The van der Waals surface area contributed by atoms with Crippen molar-refractivity contribution in [3.8, 4) is 5.75 Å². The lowest BCUT2D eigenvalue weighted by molar-refractivity contribution is 0.476. The molecule has 0 amide bonds. The Hall–Kier alpha value is -1.96. The third-order valence-corrected chi connectivity index (χ3v) is 2.61. The second kappa shape index (κ2) is 2.76. The number of aromatic hydroxyl groups is 1. The lowest BCUT2D eigenvalue weighted by atomic mass is 10.1. The number of hydrogen-bond donors (Lipinski definition) is 1. The lowest BCUT2D eigenvalue weighted by Crippen LogP contribution is -1.70. The molecule has 0 saturated carbocycles. The van der Waals surface area contributed by atoms with Crippen molar-refractivity contribution in [3.63, 3.8) is 0 Å². The molecule has 0 fully saturated rings. The van der Waals surface area contributed by atoms with Crippen molar-refractivity contribution in [2.75, 3.05) is 0 Å². The van der Waals surface area contributed by atoms with E-state index < -0.39 is 0 Å². The highest BCUT2D eigenvalue weighted by Gasteiger charge is 2.06. The van der Waals surface area contributed by atoms with E-state index in [1.54, 1.807) is 18.2 Å². The summed E-state index contributed by atoms with van der Waals surface area (Å²) in [5.41, 5.74) is 2.86. The minimum atomic E-state index is 0.270. The minimum Gasteiger partial charge on any atom is -0.508 e. The van der Waals surface area contributed by atoms with Gasteiger partial charge in [-0.05, 0) is 37.3 Å². The van der Waals surface area contributed by atoms with Crippen LogP contribution in [0.25, 0.3) is 21.9 Å². The zero-order chi connectivity index (χ0) is 10.4. The fourth-order valence-corrected chi connectivity index (χ4v) is 1.88. The molecule has 3 rings (SSSR count). The summed E-state index contributed by atoms with van der Waals surface area (Å²) in [7, 11) is 0. The third-order valence-electron chi connectivity index (χ3n) is 2.61. The monoisotopic (exact) mass is 198 g/mol. The number of furan rings is 1. The number of hydrogen-bond acceptors (Lipinski definition) is 2. The largest absolute Gasteiger partial charge is 0.508 e. The van der Waals surface area contributed by atoms with Gasteiger partial charge in [-0.1, -0.05) is 11.6 Å². The van der Waals surface area contributed by atoms with Gasteiger partial charge in [-0.2, -0.15) is 0 Å². The topological polar surface area (TPSA) is 33.4 Å². The van der Waals surface area contributed by atoms with E-state index >= 15 is 0 Å². The van der Waals surface area contributed by atoms with Crippen molar-refractivity contribution in [3.05, 3.63) is 42.0 Å². The maximum absolute atomic E-state index is 9.44. The first kappa shape index (κ1) is 8.36. The van der Waals surface area contributed by atoms with Crippen molar-refractivity contribution in [1.29, 1.82) is 0 Å². The van der Waals surface area contributed by atoms with Crippen LogP contribution in [0, 0.1) is 6.92 Å². The molecule has 0 unspecified atom stereocenters. The van der Waals surface area contributed by atoms with Gasteiger partial charge in [0.25, 0.3) is 0 Å². The SMILES string of the molecule is Cc1ccc2oc3ccc(O)cc3c2c1. The van der Waals surface area contributed by atoms with E-state index in [0.29, 0.717) is 0 Å². The molecule has 2 nitrogen and oxygen atoms in total. The van der Waals surface area contributed by atoms with Crippen molar-refractivity contribution in [2.45, 2.75) is 6.92 Å². The van der Waals surface area contributed by atoms with E-state index in [4.69, 9.17) is 4.42 Å². The van der Waals surface area contributed by atoms with Gasteiger partial charge in [0.2, 0.25) is 0 Å². The average molecular weight is 198 g/mol. The van der Waals surface area contributed by atoms with Gasteiger partial charge in [-0.25, -0.2) is 0 Å². The van der Waals surface area contributed by atoms with Gasteiger partial charge < -0.3 is 9.52 Å². The fraction of sp³-hybridized carbons (Fsp3) is 0.0769. The van der Waals surface area contributed by atoms with Crippen LogP contribution in [0.1, 0.15) is 5.56 Å². The first-order valence-corrected chi connectivity index (χ1v) is 4.86. The van der Waals surface area contributed by atoms with Crippen molar-refractivity contribution < 1.29 is 9.52 Å². The zero-order valence-electron chi connectivity index (χ0n) is 8.32. The number of phenolic OH excluding ortho intramolecular Hbond substituents is 1. The molecule has 15 heavy (non-hydrogen) atoms. The Labute approximate surface area is 86.7 Å². The second-order valence-corrected chi connectivity index (χ2v) is 3.78. The predicted molar refractivity (Wildman–Crippen MR) is 60.1 cm³/mol. The van der Waals surface area contributed by atoms with Gasteiger partial charge in [0.05, 0.1) is 0 Å². The van der Waals surface area contributed by atoms with Crippen LogP contribution in [0.15, 0.2) is 40.8 Å². The fourth-order valence-electron chi connectivity index (χ4n) is 1.88. The van der Waals surface area contributed by atoms with Gasteiger partial charge in [0, 0.05) is 10.8 Å². The predicted octanol–water partition coefficient (Wildman–Crippen LogP) is 3.60. The molecule has 0 aliphatic rings. The molecule has 0 saturated heterocycles. The second-order valence-electron chi connectivity index (χ2n) is 3.78. The highest BCUT2D eigenvalue weighted by molar-refractivity contribution is 6.05. The van der Waals surface area contributed by atoms with Crippen LogP contribution in [0.5, 0.6) is 5.75 Å². The third kappa shape index (κ3) is 1.18. The van der Waals surface area contributed by atoms with Gasteiger partial charge in [0.1, 0.15) is 16.9 Å². The smallest absolute Gasteiger partial charge is 0.135 e. The van der Waals surface area contributed by atoms with Gasteiger partial charge in [-0.15, -0.1) is 0 Å². The number of fused-ring (bicyclic) bond motifs is 3. The molecule has 0 spiro atoms. The Morgan fingerprint density at radius 1 is 0.933 bits per heavy atom. The normalized spacial score (nSPS) is 11.3. The van der Waals surface area contributed by atoms with E-state index in [1.165, 1.54) is 5.56 Å². The number of benzene rings is 2. The lowest BCUT2D eigenvalue weighted by Gasteiger charge is -1.92. The Balaban J connectivity index is 2.55. The minimum absolute atomic E-state index is 0.270. The van der Waals surface area contributed by atoms with E-state index in [0.717, 1.165) is 21.9 Å². The molecule has 0 atom stereocenters. The molecular formula is C13H10O2. The van der Waals surface area contributed by atoms with E-state index in [1.807, 2.05) is 19.1 Å². The van der Waals surface area contributed by atoms with Crippen LogP contribution in [0.2, 0.25) is 0 Å². The van der Waals surface area contributed by atoms with Gasteiger partial charge in [0.15, 0.2) is 0 Å². The maximum atomic E-state index is 9.44. The Kier molecular flexibility index (Phi) is 1.54. The van der Waals surface area contributed by atoms with Crippen molar-refractivity contribution in [1.82, 2.24) is 0 Å². The molecule has 2 aromatic carbocycles. The molecule has 0 aliphatic heterocycles. The molecule has 2 heteroatoms. The van der Waals surface area contributed by atoms with Gasteiger partial charge in [-0.3, -0.25) is 0 Å². The summed E-state index contributed by atoms with van der Waals surface area (Å²) >= 11 is 0. The highest BCUT2D eigenvalue weighted by atomic mass is 16.3. The molecular weight excluding hydrogens is 188 g/mol.